The van der Waals surface area contributed by atoms with Crippen molar-refractivity contribution in [3.8, 4) is 5.75 Å². The van der Waals surface area contributed by atoms with Crippen molar-refractivity contribution in [3.05, 3.63) is 54.1 Å². The Hall–Kier alpha value is -2.58. The van der Waals surface area contributed by atoms with E-state index >= 15 is 0 Å². The largest absolute Gasteiger partial charge is 0.497 e. The van der Waals surface area contributed by atoms with E-state index in [2.05, 4.69) is 10.6 Å². The second kappa shape index (κ2) is 7.80. The molecular formula is C16H18N2O5S. The molecular weight excluding hydrogens is 332 g/mol. The lowest BCUT2D eigenvalue weighted by molar-refractivity contribution is 0.252. The molecule has 0 aliphatic heterocycles. The van der Waals surface area contributed by atoms with Gasteiger partial charge in [-0.3, -0.25) is 4.55 Å². The lowest BCUT2D eigenvalue weighted by Gasteiger charge is -2.08. The van der Waals surface area contributed by atoms with Crippen molar-refractivity contribution in [2.45, 2.75) is 11.3 Å². The lowest BCUT2D eigenvalue weighted by Crippen LogP contribution is -2.30. The topological polar surface area (TPSA) is 105 Å². The van der Waals surface area contributed by atoms with Crippen LogP contribution >= 0.6 is 0 Å². The van der Waals surface area contributed by atoms with Gasteiger partial charge in [0.2, 0.25) is 0 Å². The van der Waals surface area contributed by atoms with Gasteiger partial charge in [-0.05, 0) is 48.4 Å². The quantitative estimate of drug-likeness (QED) is 0.694. The molecule has 2 amide bonds. The molecule has 24 heavy (non-hydrogen) atoms. The van der Waals surface area contributed by atoms with Crippen LogP contribution in [-0.2, 0) is 16.5 Å². The Morgan fingerprint density at radius 1 is 1.08 bits per heavy atom. The standard InChI is InChI=1S/C16H18N2O5S/c1-23-14-6-2-12(3-7-14)10-11-17-16(19)18-13-4-8-15(9-5-13)24(20,21)22/h2-9H,10-11H2,1H3,(H2,17,18,19)(H,20,21,22). The van der Waals surface area contributed by atoms with Crippen LogP contribution in [0, 0.1) is 0 Å². The Bertz CT molecular complexity index is 786. The molecule has 2 aromatic carbocycles. The van der Waals surface area contributed by atoms with E-state index < -0.39 is 16.1 Å². The second-order valence-corrected chi connectivity index (χ2v) is 6.40. The zero-order valence-corrected chi connectivity index (χ0v) is 13.8. The van der Waals surface area contributed by atoms with Crippen molar-refractivity contribution in [1.29, 1.82) is 0 Å². The van der Waals surface area contributed by atoms with Gasteiger partial charge in [0.1, 0.15) is 5.75 Å². The van der Waals surface area contributed by atoms with Crippen LogP contribution in [0.1, 0.15) is 5.56 Å². The lowest BCUT2D eigenvalue weighted by atomic mass is 10.1. The summed E-state index contributed by atoms with van der Waals surface area (Å²) in [5.41, 5.74) is 1.48. The molecule has 0 saturated heterocycles. The molecule has 0 bridgehead atoms. The molecule has 0 atom stereocenters. The molecule has 0 heterocycles. The van der Waals surface area contributed by atoms with Gasteiger partial charge in [0.05, 0.1) is 12.0 Å². The van der Waals surface area contributed by atoms with Crippen LogP contribution in [0.3, 0.4) is 0 Å². The van der Waals surface area contributed by atoms with Crippen molar-refractivity contribution in [3.63, 3.8) is 0 Å². The molecule has 2 rings (SSSR count). The average molecular weight is 350 g/mol. The smallest absolute Gasteiger partial charge is 0.319 e. The molecule has 0 aliphatic carbocycles. The van der Waals surface area contributed by atoms with Crippen molar-refractivity contribution in [1.82, 2.24) is 5.32 Å². The van der Waals surface area contributed by atoms with Gasteiger partial charge in [0, 0.05) is 12.2 Å². The Balaban J connectivity index is 1.80. The van der Waals surface area contributed by atoms with Crippen molar-refractivity contribution in [2.24, 2.45) is 0 Å². The number of carbonyl (C=O) groups excluding carboxylic acids is 1. The van der Waals surface area contributed by atoms with Gasteiger partial charge < -0.3 is 15.4 Å². The van der Waals surface area contributed by atoms with E-state index in [1.165, 1.54) is 24.3 Å². The second-order valence-electron chi connectivity index (χ2n) is 4.98. The summed E-state index contributed by atoms with van der Waals surface area (Å²) >= 11 is 0. The summed E-state index contributed by atoms with van der Waals surface area (Å²) in [6.07, 6.45) is 0.666. The molecule has 8 heteroatoms. The van der Waals surface area contributed by atoms with E-state index in [1.807, 2.05) is 24.3 Å². The average Bonchev–Trinajstić information content (AvgIpc) is 2.55. The van der Waals surface area contributed by atoms with Gasteiger partial charge >= 0.3 is 6.03 Å². The maximum atomic E-state index is 11.8. The third kappa shape index (κ3) is 5.25. The predicted octanol–water partition coefficient (Wildman–Crippen LogP) is 2.31. The van der Waals surface area contributed by atoms with Crippen LogP contribution in [0.5, 0.6) is 5.75 Å². The zero-order chi connectivity index (χ0) is 17.6. The summed E-state index contributed by atoms with van der Waals surface area (Å²) in [7, 11) is -2.63. The molecule has 0 unspecified atom stereocenters. The van der Waals surface area contributed by atoms with E-state index in [-0.39, 0.29) is 4.90 Å². The van der Waals surface area contributed by atoms with E-state index in [4.69, 9.17) is 9.29 Å². The van der Waals surface area contributed by atoms with E-state index in [0.29, 0.717) is 18.7 Å². The SMILES string of the molecule is COc1ccc(CCNC(=O)Nc2ccc(S(=O)(=O)O)cc2)cc1. The highest BCUT2D eigenvalue weighted by molar-refractivity contribution is 7.85. The molecule has 2 aromatic rings. The number of rotatable bonds is 6. The van der Waals surface area contributed by atoms with Gasteiger partial charge in [0.15, 0.2) is 0 Å². The van der Waals surface area contributed by atoms with E-state index in [1.54, 1.807) is 7.11 Å². The molecule has 0 fully saturated rings. The van der Waals surface area contributed by atoms with Crippen molar-refractivity contribution < 1.29 is 22.5 Å². The highest BCUT2D eigenvalue weighted by Gasteiger charge is 2.09. The van der Waals surface area contributed by atoms with Crippen LogP contribution in [0.25, 0.3) is 0 Å². The minimum atomic E-state index is -4.24. The Kier molecular flexibility index (Phi) is 5.78. The molecule has 0 aromatic heterocycles. The molecule has 0 radical (unpaired) electrons. The number of anilines is 1. The predicted molar refractivity (Wildman–Crippen MR) is 90.0 cm³/mol. The van der Waals surface area contributed by atoms with Gasteiger partial charge in [0.25, 0.3) is 10.1 Å². The van der Waals surface area contributed by atoms with Gasteiger partial charge in [-0.15, -0.1) is 0 Å². The van der Waals surface area contributed by atoms with Crippen molar-refractivity contribution in [2.75, 3.05) is 19.0 Å². The molecule has 3 N–H and O–H groups in total. The Morgan fingerprint density at radius 3 is 2.25 bits per heavy atom. The number of benzene rings is 2. The third-order valence-corrected chi connectivity index (χ3v) is 4.14. The Labute approximate surface area is 140 Å². The highest BCUT2D eigenvalue weighted by atomic mass is 32.2. The number of hydrogen-bond acceptors (Lipinski definition) is 4. The van der Waals surface area contributed by atoms with Gasteiger partial charge in [-0.1, -0.05) is 12.1 Å². The number of methoxy groups -OCH3 is 1. The molecule has 128 valence electrons. The first kappa shape index (κ1) is 17.8. The van der Waals surface area contributed by atoms with Crippen molar-refractivity contribution >= 4 is 21.8 Å². The summed E-state index contributed by atoms with van der Waals surface area (Å²) in [6.45, 7) is 0.446. The molecule has 7 nitrogen and oxygen atoms in total. The van der Waals surface area contributed by atoms with Crippen LogP contribution in [0.4, 0.5) is 10.5 Å². The summed E-state index contributed by atoms with van der Waals surface area (Å²) in [6, 6.07) is 12.4. The first-order valence-corrected chi connectivity index (χ1v) is 8.58. The maximum absolute atomic E-state index is 11.8. The normalized spacial score (nSPS) is 10.9. The van der Waals surface area contributed by atoms with Crippen LogP contribution < -0.4 is 15.4 Å². The minimum Gasteiger partial charge on any atom is -0.497 e. The summed E-state index contributed by atoms with van der Waals surface area (Å²) in [5, 5.41) is 5.28. The van der Waals surface area contributed by atoms with Gasteiger partial charge in [-0.25, -0.2) is 4.79 Å². The number of ether oxygens (including phenoxy) is 1. The fraction of sp³-hybridized carbons (Fsp3) is 0.188. The first-order chi connectivity index (χ1) is 11.4. The summed E-state index contributed by atoms with van der Waals surface area (Å²) < 4.78 is 35.8. The summed E-state index contributed by atoms with van der Waals surface area (Å²) in [5.74, 6) is 0.776. The Morgan fingerprint density at radius 2 is 1.71 bits per heavy atom. The van der Waals surface area contributed by atoms with E-state index in [9.17, 15) is 13.2 Å². The molecule has 0 saturated carbocycles. The first-order valence-electron chi connectivity index (χ1n) is 7.14. The molecule has 0 spiro atoms. The number of nitrogens with one attached hydrogen (secondary N) is 2. The number of carbonyl (C=O) groups is 1. The monoisotopic (exact) mass is 350 g/mol. The van der Waals surface area contributed by atoms with Gasteiger partial charge in [-0.2, -0.15) is 8.42 Å². The molecule has 0 aliphatic rings. The number of hydrogen-bond donors (Lipinski definition) is 3. The van der Waals surface area contributed by atoms with Crippen LogP contribution in [-0.4, -0.2) is 32.7 Å². The fourth-order valence-electron chi connectivity index (χ4n) is 2.00. The van der Waals surface area contributed by atoms with Crippen LogP contribution in [0.15, 0.2) is 53.4 Å². The highest BCUT2D eigenvalue weighted by Crippen LogP contribution is 2.14. The third-order valence-electron chi connectivity index (χ3n) is 3.27. The minimum absolute atomic E-state index is 0.229. The van der Waals surface area contributed by atoms with E-state index in [0.717, 1.165) is 11.3 Å². The van der Waals surface area contributed by atoms with Crippen LogP contribution in [0.2, 0.25) is 0 Å². The number of amides is 2. The zero-order valence-electron chi connectivity index (χ0n) is 13.0. The summed E-state index contributed by atoms with van der Waals surface area (Å²) in [4.78, 5) is 11.5. The fourth-order valence-corrected chi connectivity index (χ4v) is 2.48. The number of urea groups is 1. The maximum Gasteiger partial charge on any atom is 0.319 e.